The van der Waals surface area contributed by atoms with E-state index in [0.29, 0.717) is 5.69 Å². The lowest BCUT2D eigenvalue weighted by atomic mass is 10.1. The first kappa shape index (κ1) is 12.5. The highest BCUT2D eigenvalue weighted by Crippen LogP contribution is 2.25. The van der Waals surface area contributed by atoms with Gasteiger partial charge in [-0.2, -0.15) is 0 Å². The zero-order chi connectivity index (χ0) is 13.1. The molecule has 0 aliphatic heterocycles. The van der Waals surface area contributed by atoms with Crippen LogP contribution in [0, 0.1) is 13.8 Å². The monoisotopic (exact) mass is 243 g/mol. The van der Waals surface area contributed by atoms with Crippen LogP contribution >= 0.6 is 0 Å². The summed E-state index contributed by atoms with van der Waals surface area (Å²) in [5.41, 5.74) is 4.12. The molecule has 1 aromatic carbocycles. The second-order valence-electron chi connectivity index (χ2n) is 4.37. The Morgan fingerprint density at radius 3 is 2.50 bits per heavy atom. The number of aliphatic hydroxyl groups excluding tert-OH is 1. The summed E-state index contributed by atoms with van der Waals surface area (Å²) < 4.78 is 0. The number of anilines is 2. The molecule has 0 fully saturated rings. The van der Waals surface area contributed by atoms with Crippen LogP contribution in [-0.2, 0) is 6.61 Å². The Hall–Kier alpha value is -1.94. The van der Waals surface area contributed by atoms with Gasteiger partial charge in [-0.05, 0) is 25.5 Å². The minimum Gasteiger partial charge on any atom is -0.390 e. The van der Waals surface area contributed by atoms with Gasteiger partial charge in [0.1, 0.15) is 0 Å². The summed E-state index contributed by atoms with van der Waals surface area (Å²) in [6, 6.07) is 6.29. The molecule has 0 amide bonds. The topological polar surface area (TPSA) is 49.2 Å². The van der Waals surface area contributed by atoms with E-state index in [0.717, 1.165) is 11.5 Å². The molecule has 0 saturated carbocycles. The van der Waals surface area contributed by atoms with E-state index >= 15 is 0 Å². The van der Waals surface area contributed by atoms with Gasteiger partial charge in [0.25, 0.3) is 0 Å². The summed E-state index contributed by atoms with van der Waals surface area (Å²) in [4.78, 5) is 10.4. The van der Waals surface area contributed by atoms with E-state index in [1.807, 2.05) is 11.9 Å². The minimum absolute atomic E-state index is 0.0828. The van der Waals surface area contributed by atoms with Gasteiger partial charge in [-0.3, -0.25) is 4.98 Å². The highest BCUT2D eigenvalue weighted by molar-refractivity contribution is 5.62. The van der Waals surface area contributed by atoms with Crippen LogP contribution in [-0.4, -0.2) is 22.1 Å². The second kappa shape index (κ2) is 5.14. The predicted molar refractivity (Wildman–Crippen MR) is 71.9 cm³/mol. The number of benzene rings is 1. The third-order valence-electron chi connectivity index (χ3n) is 2.91. The normalized spacial score (nSPS) is 10.4. The molecule has 18 heavy (non-hydrogen) atoms. The molecule has 1 heterocycles. The van der Waals surface area contributed by atoms with Crippen molar-refractivity contribution in [2.75, 3.05) is 11.9 Å². The van der Waals surface area contributed by atoms with Gasteiger partial charge in [-0.25, -0.2) is 4.98 Å². The van der Waals surface area contributed by atoms with Crippen molar-refractivity contribution in [2.45, 2.75) is 20.5 Å². The van der Waals surface area contributed by atoms with Gasteiger partial charge in [0.2, 0.25) is 0 Å². The third kappa shape index (κ3) is 2.49. The standard InChI is InChI=1S/C14H17N3O/c1-10-4-5-13(11(2)6-10)17(3)14-8-15-12(9-18)7-16-14/h4-8,18H,9H2,1-3H3. The zero-order valence-electron chi connectivity index (χ0n) is 10.9. The van der Waals surface area contributed by atoms with E-state index in [1.165, 1.54) is 11.1 Å². The van der Waals surface area contributed by atoms with Crippen molar-refractivity contribution >= 4 is 11.5 Å². The first-order chi connectivity index (χ1) is 8.61. The molecule has 0 radical (unpaired) electrons. The molecule has 0 bridgehead atoms. The Labute approximate surface area is 107 Å². The van der Waals surface area contributed by atoms with Gasteiger partial charge in [0.15, 0.2) is 5.82 Å². The highest BCUT2D eigenvalue weighted by atomic mass is 16.3. The maximum Gasteiger partial charge on any atom is 0.151 e. The largest absolute Gasteiger partial charge is 0.390 e. The van der Waals surface area contributed by atoms with Gasteiger partial charge in [0.05, 0.1) is 24.7 Å². The van der Waals surface area contributed by atoms with Crippen molar-refractivity contribution in [1.82, 2.24) is 9.97 Å². The van der Waals surface area contributed by atoms with Crippen molar-refractivity contribution in [2.24, 2.45) is 0 Å². The van der Waals surface area contributed by atoms with Crippen molar-refractivity contribution in [3.63, 3.8) is 0 Å². The predicted octanol–water partition coefficient (Wildman–Crippen LogP) is 2.35. The third-order valence-corrected chi connectivity index (χ3v) is 2.91. The molecule has 2 rings (SSSR count). The van der Waals surface area contributed by atoms with E-state index < -0.39 is 0 Å². The molecule has 0 unspecified atom stereocenters. The molecule has 0 saturated heterocycles. The molecule has 0 aliphatic rings. The SMILES string of the molecule is Cc1ccc(N(C)c2cnc(CO)cn2)c(C)c1. The second-order valence-corrected chi connectivity index (χ2v) is 4.37. The first-order valence-corrected chi connectivity index (χ1v) is 5.84. The van der Waals surface area contributed by atoms with E-state index in [2.05, 4.69) is 42.0 Å². The van der Waals surface area contributed by atoms with Crippen LogP contribution in [0.2, 0.25) is 0 Å². The number of hydrogen-bond donors (Lipinski definition) is 1. The molecule has 2 aromatic rings. The van der Waals surface area contributed by atoms with E-state index in [1.54, 1.807) is 12.4 Å². The Bertz CT molecular complexity index is 537. The molecule has 0 aliphatic carbocycles. The molecule has 1 N–H and O–H groups in total. The average molecular weight is 243 g/mol. The van der Waals surface area contributed by atoms with Crippen LogP contribution in [0.15, 0.2) is 30.6 Å². The minimum atomic E-state index is -0.0828. The Balaban J connectivity index is 2.31. The molecule has 4 heteroatoms. The lowest BCUT2D eigenvalue weighted by molar-refractivity contribution is 0.276. The fourth-order valence-corrected chi connectivity index (χ4v) is 1.91. The lowest BCUT2D eigenvalue weighted by Crippen LogP contribution is -2.13. The van der Waals surface area contributed by atoms with Crippen LogP contribution in [0.25, 0.3) is 0 Å². The smallest absolute Gasteiger partial charge is 0.151 e. The maximum atomic E-state index is 8.94. The molecule has 4 nitrogen and oxygen atoms in total. The number of nitrogens with zero attached hydrogens (tertiary/aromatic N) is 3. The Morgan fingerprint density at radius 1 is 1.17 bits per heavy atom. The summed E-state index contributed by atoms with van der Waals surface area (Å²) in [6.07, 6.45) is 3.26. The van der Waals surface area contributed by atoms with Crippen molar-refractivity contribution in [1.29, 1.82) is 0 Å². The molecule has 1 aromatic heterocycles. The number of aryl methyl sites for hydroxylation is 2. The molecular formula is C14H17N3O. The number of aromatic nitrogens is 2. The maximum absolute atomic E-state index is 8.94. The summed E-state index contributed by atoms with van der Waals surface area (Å²) in [5.74, 6) is 0.763. The number of aliphatic hydroxyl groups is 1. The van der Waals surface area contributed by atoms with Crippen molar-refractivity contribution in [3.8, 4) is 0 Å². The lowest BCUT2D eigenvalue weighted by Gasteiger charge is -2.20. The Morgan fingerprint density at radius 2 is 1.94 bits per heavy atom. The van der Waals surface area contributed by atoms with Gasteiger partial charge >= 0.3 is 0 Å². The first-order valence-electron chi connectivity index (χ1n) is 5.84. The quantitative estimate of drug-likeness (QED) is 0.899. The Kier molecular flexibility index (Phi) is 3.58. The van der Waals surface area contributed by atoms with Gasteiger partial charge < -0.3 is 10.0 Å². The molecule has 0 atom stereocenters. The summed E-state index contributed by atoms with van der Waals surface area (Å²) >= 11 is 0. The van der Waals surface area contributed by atoms with Crippen LogP contribution in [0.4, 0.5) is 11.5 Å². The van der Waals surface area contributed by atoms with Crippen LogP contribution in [0.1, 0.15) is 16.8 Å². The van der Waals surface area contributed by atoms with E-state index in [-0.39, 0.29) is 6.61 Å². The fourth-order valence-electron chi connectivity index (χ4n) is 1.91. The zero-order valence-corrected chi connectivity index (χ0v) is 10.9. The van der Waals surface area contributed by atoms with Gasteiger partial charge in [0, 0.05) is 12.7 Å². The number of hydrogen-bond acceptors (Lipinski definition) is 4. The fraction of sp³-hybridized carbons (Fsp3) is 0.286. The van der Waals surface area contributed by atoms with Crippen molar-refractivity contribution < 1.29 is 5.11 Å². The molecular weight excluding hydrogens is 226 g/mol. The van der Waals surface area contributed by atoms with Crippen LogP contribution in [0.3, 0.4) is 0 Å². The molecule has 94 valence electrons. The van der Waals surface area contributed by atoms with Crippen LogP contribution in [0.5, 0.6) is 0 Å². The highest BCUT2D eigenvalue weighted by Gasteiger charge is 2.08. The van der Waals surface area contributed by atoms with Gasteiger partial charge in [-0.15, -0.1) is 0 Å². The summed E-state index contributed by atoms with van der Waals surface area (Å²) in [7, 11) is 1.96. The van der Waals surface area contributed by atoms with E-state index in [9.17, 15) is 0 Å². The summed E-state index contributed by atoms with van der Waals surface area (Å²) in [5, 5.41) is 8.94. The average Bonchev–Trinajstić information content (AvgIpc) is 2.38. The van der Waals surface area contributed by atoms with Crippen LogP contribution < -0.4 is 4.90 Å². The van der Waals surface area contributed by atoms with E-state index in [4.69, 9.17) is 5.11 Å². The number of rotatable bonds is 3. The molecule has 0 spiro atoms. The van der Waals surface area contributed by atoms with Crippen molar-refractivity contribution in [3.05, 3.63) is 47.4 Å². The summed E-state index contributed by atoms with van der Waals surface area (Å²) in [6.45, 7) is 4.07. The van der Waals surface area contributed by atoms with Gasteiger partial charge in [-0.1, -0.05) is 17.7 Å².